The van der Waals surface area contributed by atoms with Gasteiger partial charge in [0.15, 0.2) is 5.76 Å². The Morgan fingerprint density at radius 2 is 1.92 bits per heavy atom. The van der Waals surface area contributed by atoms with Gasteiger partial charge in [0.1, 0.15) is 22.8 Å². The van der Waals surface area contributed by atoms with Crippen molar-refractivity contribution in [3.05, 3.63) is 70.1 Å². The molecule has 2 aromatic heterocycles. The third kappa shape index (κ3) is 2.72. The van der Waals surface area contributed by atoms with Gasteiger partial charge in [-0.2, -0.15) is 0 Å². The van der Waals surface area contributed by atoms with Crippen molar-refractivity contribution in [3.8, 4) is 17.0 Å². The predicted molar refractivity (Wildman–Crippen MR) is 101 cm³/mol. The van der Waals surface area contributed by atoms with E-state index in [4.69, 9.17) is 13.7 Å². The summed E-state index contributed by atoms with van der Waals surface area (Å²) in [5, 5.41) is 4.82. The molecule has 26 heavy (non-hydrogen) atoms. The summed E-state index contributed by atoms with van der Waals surface area (Å²) in [6.45, 7) is 1.71. The Morgan fingerprint density at radius 1 is 1.15 bits per heavy atom. The zero-order chi connectivity index (χ0) is 18.3. The van der Waals surface area contributed by atoms with Crippen LogP contribution in [0.15, 0.2) is 61.9 Å². The van der Waals surface area contributed by atoms with E-state index in [1.165, 1.54) is 0 Å². The molecule has 4 rings (SSSR count). The largest absolute Gasteiger partial charge is 0.496 e. The van der Waals surface area contributed by atoms with Crippen molar-refractivity contribution in [3.63, 3.8) is 0 Å². The second-order valence-electron chi connectivity index (χ2n) is 5.78. The van der Waals surface area contributed by atoms with Gasteiger partial charge < -0.3 is 13.7 Å². The Kier molecular flexibility index (Phi) is 4.12. The van der Waals surface area contributed by atoms with Gasteiger partial charge in [0.05, 0.1) is 18.1 Å². The lowest BCUT2D eigenvalue weighted by molar-refractivity contribution is 0.101. The number of rotatable bonds is 4. The zero-order valence-electron chi connectivity index (χ0n) is 14.1. The van der Waals surface area contributed by atoms with Gasteiger partial charge in [0.2, 0.25) is 5.78 Å². The first-order valence-electron chi connectivity index (χ1n) is 7.92. The highest BCUT2D eigenvalue weighted by Crippen LogP contribution is 2.32. The fraction of sp³-hybridized carbons (Fsp3) is 0.100. The first-order chi connectivity index (χ1) is 12.6. The van der Waals surface area contributed by atoms with E-state index in [0.717, 1.165) is 15.4 Å². The summed E-state index contributed by atoms with van der Waals surface area (Å²) in [5.41, 5.74) is 2.27. The lowest BCUT2D eigenvalue weighted by Gasteiger charge is -2.00. The quantitative estimate of drug-likeness (QED) is 0.420. The van der Waals surface area contributed by atoms with Gasteiger partial charge in [-0.3, -0.25) is 4.79 Å². The molecule has 5 nitrogen and oxygen atoms in total. The van der Waals surface area contributed by atoms with Crippen molar-refractivity contribution >= 4 is 32.7 Å². The Balaban J connectivity index is 1.82. The molecule has 0 aliphatic carbocycles. The molecule has 0 aliphatic heterocycles. The second-order valence-corrected chi connectivity index (χ2v) is 6.70. The number of furan rings is 1. The van der Waals surface area contributed by atoms with Crippen LogP contribution in [-0.4, -0.2) is 18.0 Å². The van der Waals surface area contributed by atoms with E-state index >= 15 is 0 Å². The highest BCUT2D eigenvalue weighted by molar-refractivity contribution is 9.10. The van der Waals surface area contributed by atoms with E-state index in [0.29, 0.717) is 28.4 Å². The van der Waals surface area contributed by atoms with E-state index in [9.17, 15) is 4.79 Å². The van der Waals surface area contributed by atoms with Crippen molar-refractivity contribution in [2.75, 3.05) is 7.11 Å². The van der Waals surface area contributed by atoms with Crippen LogP contribution in [0.3, 0.4) is 0 Å². The van der Waals surface area contributed by atoms with Crippen molar-refractivity contribution in [2.24, 2.45) is 0 Å². The molecule has 4 aromatic rings. The molecule has 0 saturated carbocycles. The molecule has 0 fully saturated rings. The van der Waals surface area contributed by atoms with E-state index in [2.05, 4.69) is 21.1 Å². The van der Waals surface area contributed by atoms with Crippen LogP contribution in [0, 0.1) is 6.92 Å². The zero-order valence-corrected chi connectivity index (χ0v) is 15.7. The summed E-state index contributed by atoms with van der Waals surface area (Å²) in [7, 11) is 1.58. The van der Waals surface area contributed by atoms with Crippen LogP contribution in [0.4, 0.5) is 0 Å². The lowest BCUT2D eigenvalue weighted by atomic mass is 10.0. The summed E-state index contributed by atoms with van der Waals surface area (Å²) in [4.78, 5) is 13.1. The topological polar surface area (TPSA) is 65.5 Å². The number of hydrogen-bond acceptors (Lipinski definition) is 5. The molecule has 0 amide bonds. The van der Waals surface area contributed by atoms with Crippen molar-refractivity contribution in [1.82, 2.24) is 5.16 Å². The van der Waals surface area contributed by atoms with Crippen LogP contribution in [0.5, 0.6) is 5.75 Å². The second kappa shape index (κ2) is 6.46. The molecule has 0 bridgehead atoms. The Hall–Kier alpha value is -2.86. The molecular formula is C20H14BrNO4. The molecule has 0 atom stereocenters. The number of benzene rings is 2. The molecule has 0 unspecified atom stereocenters. The number of fused-ring (bicyclic) bond motifs is 1. The van der Waals surface area contributed by atoms with E-state index < -0.39 is 0 Å². The molecule has 0 saturated heterocycles. The Labute approximate surface area is 157 Å². The van der Waals surface area contributed by atoms with Gasteiger partial charge in [-0.1, -0.05) is 39.3 Å². The number of aromatic nitrogens is 1. The number of carbonyl (C=O) groups excluding carboxylic acids is 1. The highest BCUT2D eigenvalue weighted by atomic mass is 79.9. The molecule has 6 heteroatoms. The predicted octanol–water partition coefficient (Wildman–Crippen LogP) is 5.40. The van der Waals surface area contributed by atoms with Crippen molar-refractivity contribution in [1.29, 1.82) is 0 Å². The number of ketones is 1. The Bertz CT molecular complexity index is 1110. The minimum atomic E-state index is -0.278. The molecule has 0 N–H and O–H groups in total. The SMILES string of the molecule is COc1cccc2oc(C(=O)c3c(-c4ccc(Br)cc4)noc3C)cc12. The molecule has 2 aromatic carbocycles. The van der Waals surface area contributed by atoms with Crippen LogP contribution < -0.4 is 4.74 Å². The fourth-order valence-corrected chi connectivity index (χ4v) is 3.16. The first kappa shape index (κ1) is 16.6. The fourth-order valence-electron chi connectivity index (χ4n) is 2.89. The third-order valence-corrected chi connectivity index (χ3v) is 4.70. The van der Waals surface area contributed by atoms with Gasteiger partial charge in [0, 0.05) is 10.0 Å². The smallest absolute Gasteiger partial charge is 0.234 e. The third-order valence-electron chi connectivity index (χ3n) is 4.17. The normalized spacial score (nSPS) is 11.0. The van der Waals surface area contributed by atoms with Gasteiger partial charge >= 0.3 is 0 Å². The number of carbonyl (C=O) groups is 1. The summed E-state index contributed by atoms with van der Waals surface area (Å²) in [5.74, 6) is 1.04. The molecule has 0 spiro atoms. The maximum absolute atomic E-state index is 13.1. The number of halogens is 1. The highest BCUT2D eigenvalue weighted by Gasteiger charge is 2.26. The minimum absolute atomic E-state index is 0.217. The minimum Gasteiger partial charge on any atom is -0.496 e. The molecule has 0 aliphatic rings. The number of ether oxygens (including phenoxy) is 1. The monoisotopic (exact) mass is 411 g/mol. The lowest BCUT2D eigenvalue weighted by Crippen LogP contribution is -2.02. The number of hydrogen-bond donors (Lipinski definition) is 0. The number of aryl methyl sites for hydroxylation is 1. The number of nitrogens with zero attached hydrogens (tertiary/aromatic N) is 1. The maximum atomic E-state index is 13.1. The maximum Gasteiger partial charge on any atom is 0.234 e. The standard InChI is InChI=1S/C20H14BrNO4/c1-11-18(19(22-26-11)12-6-8-13(21)9-7-12)20(23)17-10-14-15(24-2)4-3-5-16(14)25-17/h3-10H,1-2H3. The summed E-state index contributed by atoms with van der Waals surface area (Å²) in [6, 6.07) is 14.7. The average molecular weight is 412 g/mol. The van der Waals surface area contributed by atoms with Gasteiger partial charge in [0.25, 0.3) is 0 Å². The van der Waals surface area contributed by atoms with Gasteiger partial charge in [-0.25, -0.2) is 0 Å². The van der Waals surface area contributed by atoms with E-state index in [1.807, 2.05) is 36.4 Å². The van der Waals surface area contributed by atoms with Crippen LogP contribution >= 0.6 is 15.9 Å². The number of methoxy groups -OCH3 is 1. The van der Waals surface area contributed by atoms with Gasteiger partial charge in [-0.05, 0) is 37.3 Å². The summed E-state index contributed by atoms with van der Waals surface area (Å²) >= 11 is 3.40. The van der Waals surface area contributed by atoms with Crippen LogP contribution in [0.2, 0.25) is 0 Å². The van der Waals surface area contributed by atoms with Crippen molar-refractivity contribution < 1.29 is 18.5 Å². The average Bonchev–Trinajstić information content (AvgIpc) is 3.25. The summed E-state index contributed by atoms with van der Waals surface area (Å²) in [6.07, 6.45) is 0. The molecule has 130 valence electrons. The van der Waals surface area contributed by atoms with Crippen LogP contribution in [-0.2, 0) is 0 Å². The van der Waals surface area contributed by atoms with E-state index in [-0.39, 0.29) is 11.5 Å². The van der Waals surface area contributed by atoms with Crippen LogP contribution in [0.1, 0.15) is 21.9 Å². The Morgan fingerprint density at radius 3 is 2.65 bits per heavy atom. The van der Waals surface area contributed by atoms with Crippen LogP contribution in [0.25, 0.3) is 22.2 Å². The molecular weight excluding hydrogens is 398 g/mol. The van der Waals surface area contributed by atoms with Crippen molar-refractivity contribution in [2.45, 2.75) is 6.92 Å². The molecule has 0 radical (unpaired) electrons. The van der Waals surface area contributed by atoms with Gasteiger partial charge in [-0.15, -0.1) is 0 Å². The first-order valence-corrected chi connectivity index (χ1v) is 8.71. The summed E-state index contributed by atoms with van der Waals surface area (Å²) < 4.78 is 17.3. The van der Waals surface area contributed by atoms with E-state index in [1.54, 1.807) is 26.2 Å². The molecule has 2 heterocycles.